The minimum Gasteiger partial charge on any atom is -0.376 e. The predicted octanol–water partition coefficient (Wildman–Crippen LogP) is 2.18. The molecule has 1 saturated heterocycles. The predicted molar refractivity (Wildman–Crippen MR) is 98.7 cm³/mol. The van der Waals surface area contributed by atoms with Crippen LogP contribution in [0.4, 0.5) is 0 Å². The number of carbonyl (C=O) groups excluding carboxylic acids is 2. The summed E-state index contributed by atoms with van der Waals surface area (Å²) in [6, 6.07) is 0. The van der Waals surface area contributed by atoms with Crippen molar-refractivity contribution in [2.75, 3.05) is 26.2 Å². The van der Waals surface area contributed by atoms with E-state index in [1.165, 1.54) is 31.4 Å². The molecule has 7 heteroatoms. The molecule has 2 amide bonds. The highest BCUT2D eigenvalue weighted by Crippen LogP contribution is 2.15. The van der Waals surface area contributed by atoms with E-state index in [-0.39, 0.29) is 24.3 Å². The number of unbranched alkanes of at least 4 members (excludes halogenated alkanes) is 3. The summed E-state index contributed by atoms with van der Waals surface area (Å²) in [7, 11) is 0. The van der Waals surface area contributed by atoms with Crippen molar-refractivity contribution in [1.29, 1.82) is 0 Å². The maximum Gasteiger partial charge on any atom is 0.274 e. The summed E-state index contributed by atoms with van der Waals surface area (Å²) in [5.41, 5.74) is 0.297. The smallest absolute Gasteiger partial charge is 0.274 e. The average Bonchev–Trinajstić information content (AvgIpc) is 3.18. The molecule has 1 aliphatic heterocycles. The second-order valence-electron chi connectivity index (χ2n) is 6.64. The van der Waals surface area contributed by atoms with Crippen LogP contribution in [0.3, 0.4) is 0 Å². The molecule has 1 aromatic rings. The van der Waals surface area contributed by atoms with Crippen molar-refractivity contribution in [2.24, 2.45) is 0 Å². The third kappa shape index (κ3) is 7.07. The Morgan fingerprint density at radius 3 is 2.88 bits per heavy atom. The van der Waals surface area contributed by atoms with Crippen LogP contribution in [0.15, 0.2) is 18.6 Å². The highest BCUT2D eigenvalue weighted by atomic mass is 16.5. The zero-order chi connectivity index (χ0) is 18.6. The summed E-state index contributed by atoms with van der Waals surface area (Å²) in [6.45, 7) is 4.43. The van der Waals surface area contributed by atoms with Crippen molar-refractivity contribution < 1.29 is 14.3 Å². The molecule has 2 rings (SSSR count). The standard InChI is InChI=1S/C19H30N4O3/c1-2-3-4-5-9-22-18(24)8-12-23(15-16-7-6-13-26-16)19(25)17-14-20-10-11-21-17/h10-11,14,16H,2-9,12-13,15H2,1H3,(H,22,24)/t16-/m1/s1. The highest BCUT2D eigenvalue weighted by molar-refractivity contribution is 5.92. The minimum absolute atomic E-state index is 0.0224. The first kappa shape index (κ1) is 20.3. The van der Waals surface area contributed by atoms with Crippen molar-refractivity contribution in [3.05, 3.63) is 24.3 Å². The summed E-state index contributed by atoms with van der Waals surface area (Å²) >= 11 is 0. The van der Waals surface area contributed by atoms with Gasteiger partial charge >= 0.3 is 0 Å². The van der Waals surface area contributed by atoms with E-state index in [1.54, 1.807) is 4.90 Å². The summed E-state index contributed by atoms with van der Waals surface area (Å²) in [4.78, 5) is 34.5. The SMILES string of the molecule is CCCCCCNC(=O)CCN(C[C@H]1CCCO1)C(=O)c1cnccn1. The van der Waals surface area contributed by atoms with Gasteiger partial charge in [-0.2, -0.15) is 0 Å². The van der Waals surface area contributed by atoms with Crippen LogP contribution in [0.1, 0.15) is 62.4 Å². The first-order valence-electron chi connectivity index (χ1n) is 9.64. The number of amides is 2. The number of carbonyl (C=O) groups is 2. The molecule has 0 radical (unpaired) electrons. The van der Waals surface area contributed by atoms with Crippen molar-refractivity contribution in [3.8, 4) is 0 Å². The second kappa shape index (κ2) is 11.6. The van der Waals surface area contributed by atoms with Gasteiger partial charge < -0.3 is 15.0 Å². The molecule has 0 unspecified atom stereocenters. The fraction of sp³-hybridized carbons (Fsp3) is 0.684. The van der Waals surface area contributed by atoms with E-state index < -0.39 is 0 Å². The molecule has 0 saturated carbocycles. The van der Waals surface area contributed by atoms with Gasteiger partial charge in [0.15, 0.2) is 0 Å². The lowest BCUT2D eigenvalue weighted by Crippen LogP contribution is -2.40. The number of ether oxygens (including phenoxy) is 1. The topological polar surface area (TPSA) is 84.4 Å². The lowest BCUT2D eigenvalue weighted by molar-refractivity contribution is -0.121. The highest BCUT2D eigenvalue weighted by Gasteiger charge is 2.24. The van der Waals surface area contributed by atoms with Crippen LogP contribution in [-0.4, -0.2) is 59.0 Å². The molecule has 2 heterocycles. The molecule has 1 aromatic heterocycles. The summed E-state index contributed by atoms with van der Waals surface area (Å²) in [5.74, 6) is -0.227. The molecule has 1 aliphatic rings. The fourth-order valence-electron chi connectivity index (χ4n) is 2.99. The number of nitrogens with one attached hydrogen (secondary N) is 1. The van der Waals surface area contributed by atoms with E-state index in [1.807, 2.05) is 0 Å². The Bertz CT molecular complexity index is 547. The van der Waals surface area contributed by atoms with Crippen LogP contribution in [0.5, 0.6) is 0 Å². The zero-order valence-corrected chi connectivity index (χ0v) is 15.7. The molecule has 0 aromatic carbocycles. The maximum absolute atomic E-state index is 12.7. The molecule has 1 atom stereocenters. The Balaban J connectivity index is 1.83. The normalized spacial score (nSPS) is 16.4. The number of nitrogens with zero attached hydrogens (tertiary/aromatic N) is 3. The van der Waals surface area contributed by atoms with E-state index in [2.05, 4.69) is 22.2 Å². The van der Waals surface area contributed by atoms with Crippen molar-refractivity contribution in [3.63, 3.8) is 0 Å². The summed E-state index contributed by atoms with van der Waals surface area (Å²) in [6.07, 6.45) is 11.3. The van der Waals surface area contributed by atoms with Crippen LogP contribution >= 0.6 is 0 Å². The molecule has 0 spiro atoms. The molecular weight excluding hydrogens is 332 g/mol. The van der Waals surface area contributed by atoms with Crippen molar-refractivity contribution in [2.45, 2.75) is 58.0 Å². The van der Waals surface area contributed by atoms with Crippen LogP contribution in [-0.2, 0) is 9.53 Å². The van der Waals surface area contributed by atoms with Gasteiger partial charge in [-0.05, 0) is 19.3 Å². The van der Waals surface area contributed by atoms with Crippen LogP contribution in [0.2, 0.25) is 0 Å². The molecular formula is C19H30N4O3. The van der Waals surface area contributed by atoms with Gasteiger partial charge in [0.1, 0.15) is 5.69 Å². The fourth-order valence-corrected chi connectivity index (χ4v) is 2.99. The van der Waals surface area contributed by atoms with Gasteiger partial charge in [-0.1, -0.05) is 26.2 Å². The van der Waals surface area contributed by atoms with Gasteiger partial charge in [-0.3, -0.25) is 14.6 Å². The Morgan fingerprint density at radius 1 is 1.31 bits per heavy atom. The third-order valence-electron chi connectivity index (χ3n) is 4.48. The minimum atomic E-state index is -0.204. The van der Waals surface area contributed by atoms with Gasteiger partial charge in [0, 0.05) is 45.1 Å². The Hall–Kier alpha value is -2.02. The first-order valence-corrected chi connectivity index (χ1v) is 9.64. The Morgan fingerprint density at radius 2 is 2.19 bits per heavy atom. The molecule has 1 N–H and O–H groups in total. The molecule has 0 aliphatic carbocycles. The van der Waals surface area contributed by atoms with Crippen LogP contribution < -0.4 is 5.32 Å². The van der Waals surface area contributed by atoms with Crippen LogP contribution in [0.25, 0.3) is 0 Å². The lowest BCUT2D eigenvalue weighted by Gasteiger charge is -2.25. The quantitative estimate of drug-likeness (QED) is 0.610. The number of hydrogen-bond donors (Lipinski definition) is 1. The molecule has 26 heavy (non-hydrogen) atoms. The number of aromatic nitrogens is 2. The van der Waals surface area contributed by atoms with E-state index in [4.69, 9.17) is 4.74 Å². The van der Waals surface area contributed by atoms with E-state index in [0.29, 0.717) is 25.3 Å². The lowest BCUT2D eigenvalue weighted by atomic mass is 10.2. The van der Waals surface area contributed by atoms with Crippen LogP contribution in [0, 0.1) is 0 Å². The first-order chi connectivity index (χ1) is 12.7. The summed E-state index contributed by atoms with van der Waals surface area (Å²) < 4.78 is 5.65. The van der Waals surface area contributed by atoms with Gasteiger partial charge in [-0.25, -0.2) is 4.98 Å². The number of rotatable bonds is 11. The monoisotopic (exact) mass is 362 g/mol. The zero-order valence-electron chi connectivity index (χ0n) is 15.7. The van der Waals surface area contributed by atoms with E-state index in [0.717, 1.165) is 32.3 Å². The van der Waals surface area contributed by atoms with Gasteiger partial charge in [0.2, 0.25) is 5.91 Å². The molecule has 1 fully saturated rings. The van der Waals surface area contributed by atoms with Crippen molar-refractivity contribution >= 4 is 11.8 Å². The summed E-state index contributed by atoms with van der Waals surface area (Å²) in [5, 5.41) is 2.93. The largest absolute Gasteiger partial charge is 0.376 e. The van der Waals surface area contributed by atoms with Gasteiger partial charge in [0.25, 0.3) is 5.91 Å². The number of hydrogen-bond acceptors (Lipinski definition) is 5. The molecule has 7 nitrogen and oxygen atoms in total. The van der Waals surface area contributed by atoms with E-state index in [9.17, 15) is 9.59 Å². The molecule has 144 valence electrons. The average molecular weight is 362 g/mol. The maximum atomic E-state index is 12.7. The molecule has 0 bridgehead atoms. The Labute approximate surface area is 155 Å². The van der Waals surface area contributed by atoms with E-state index >= 15 is 0 Å². The van der Waals surface area contributed by atoms with Gasteiger partial charge in [-0.15, -0.1) is 0 Å². The Kier molecular flexibility index (Phi) is 9.03. The third-order valence-corrected chi connectivity index (χ3v) is 4.48. The second-order valence-corrected chi connectivity index (χ2v) is 6.64. The van der Waals surface area contributed by atoms with Crippen molar-refractivity contribution in [1.82, 2.24) is 20.2 Å². The van der Waals surface area contributed by atoms with Gasteiger partial charge in [0.05, 0.1) is 12.3 Å².